The van der Waals surface area contributed by atoms with E-state index in [1.54, 1.807) is 0 Å². The molecule has 0 spiro atoms. The molecule has 0 saturated carbocycles. The summed E-state index contributed by atoms with van der Waals surface area (Å²) in [6.07, 6.45) is 7.60. The van der Waals surface area contributed by atoms with Gasteiger partial charge in [0.2, 0.25) is 0 Å². The van der Waals surface area contributed by atoms with Crippen LogP contribution in [-0.2, 0) is 42.5 Å². The van der Waals surface area contributed by atoms with Gasteiger partial charge in [-0.1, -0.05) is 102 Å². The summed E-state index contributed by atoms with van der Waals surface area (Å²) in [6, 6.07) is 8.98. The summed E-state index contributed by atoms with van der Waals surface area (Å²) in [4.78, 5) is 21.0. The SMILES string of the molecule is CCC1=C(CC)c2cc3[n-]c(cc4nc(cc5[n-]c(cc1n2)c(CC)c5CC)C(CC)=C4CC)c(CC)c3CC.[Co+2]. The molecule has 0 aromatic carbocycles. The molecule has 3 aromatic heterocycles. The molecule has 2 aliphatic heterocycles. The van der Waals surface area contributed by atoms with Crippen LogP contribution in [0.15, 0.2) is 24.3 Å². The first-order chi connectivity index (χ1) is 19.5. The van der Waals surface area contributed by atoms with Crippen molar-refractivity contribution < 1.29 is 16.8 Å². The predicted octanol–water partition coefficient (Wildman–Crippen LogP) is 9.28. The third kappa shape index (κ3) is 5.28. The fraction of sp³-hybridized carbons (Fsp3) is 0.444. The minimum absolute atomic E-state index is 0. The van der Waals surface area contributed by atoms with Crippen LogP contribution in [-0.4, -0.2) is 9.97 Å². The van der Waals surface area contributed by atoms with Crippen molar-refractivity contribution in [3.05, 3.63) is 69.3 Å². The van der Waals surface area contributed by atoms with Crippen LogP contribution in [0.25, 0.3) is 44.4 Å². The van der Waals surface area contributed by atoms with E-state index in [4.69, 9.17) is 19.9 Å². The van der Waals surface area contributed by atoms with Gasteiger partial charge in [-0.25, -0.2) is 9.97 Å². The van der Waals surface area contributed by atoms with E-state index in [1.807, 2.05) is 0 Å². The Labute approximate surface area is 256 Å². The molecule has 0 N–H and O–H groups in total. The van der Waals surface area contributed by atoms with Crippen molar-refractivity contribution in [1.29, 1.82) is 0 Å². The van der Waals surface area contributed by atoms with Crippen molar-refractivity contribution in [2.24, 2.45) is 0 Å². The molecule has 5 heterocycles. The predicted molar refractivity (Wildman–Crippen MR) is 171 cm³/mol. The maximum absolute atomic E-state index is 5.25. The molecular formula is C36H44CoN4. The summed E-state index contributed by atoms with van der Waals surface area (Å²) in [5, 5.41) is 0. The molecule has 4 nitrogen and oxygen atoms in total. The summed E-state index contributed by atoms with van der Waals surface area (Å²) in [6.45, 7) is 17.9. The molecule has 217 valence electrons. The number of hydrogen-bond acceptors (Lipinski definition) is 2. The van der Waals surface area contributed by atoms with Crippen molar-refractivity contribution in [3.63, 3.8) is 0 Å². The van der Waals surface area contributed by atoms with Gasteiger partial charge in [0.25, 0.3) is 0 Å². The Morgan fingerprint density at radius 2 is 0.610 bits per heavy atom. The van der Waals surface area contributed by atoms with E-state index in [2.05, 4.69) is 79.7 Å². The molecule has 0 unspecified atom stereocenters. The number of aromatic nitrogens is 4. The van der Waals surface area contributed by atoms with Crippen LogP contribution in [0.1, 0.15) is 126 Å². The third-order valence-corrected chi connectivity index (χ3v) is 8.82. The number of allylic oxidation sites excluding steroid dienone is 4. The smallest absolute Gasteiger partial charge is 0.657 e. The minimum atomic E-state index is 0. The Hall–Kier alpha value is -2.89. The van der Waals surface area contributed by atoms with Crippen molar-refractivity contribution >= 4 is 44.4 Å². The fourth-order valence-corrected chi connectivity index (χ4v) is 6.92. The van der Waals surface area contributed by atoms with E-state index in [-0.39, 0.29) is 16.8 Å². The number of rotatable bonds is 8. The van der Waals surface area contributed by atoms with Crippen LogP contribution in [0.2, 0.25) is 0 Å². The molecule has 41 heavy (non-hydrogen) atoms. The summed E-state index contributed by atoms with van der Waals surface area (Å²) in [7, 11) is 0. The Morgan fingerprint density at radius 1 is 0.390 bits per heavy atom. The Kier molecular flexibility index (Phi) is 9.81. The van der Waals surface area contributed by atoms with Gasteiger partial charge in [0.15, 0.2) is 0 Å². The molecule has 0 atom stereocenters. The number of hydrogen-bond donors (Lipinski definition) is 0. The molecule has 8 bridgehead atoms. The van der Waals surface area contributed by atoms with Gasteiger partial charge in [-0.2, -0.15) is 0 Å². The van der Waals surface area contributed by atoms with Gasteiger partial charge in [0.05, 0.1) is 22.8 Å². The number of fused-ring (bicyclic) bond motifs is 8. The Bertz CT molecular complexity index is 1440. The van der Waals surface area contributed by atoms with E-state index in [0.717, 1.165) is 96.2 Å². The van der Waals surface area contributed by atoms with Crippen LogP contribution in [0.5, 0.6) is 0 Å². The quantitative estimate of drug-likeness (QED) is 0.262. The topological polar surface area (TPSA) is 54.0 Å². The van der Waals surface area contributed by atoms with E-state index < -0.39 is 0 Å². The van der Waals surface area contributed by atoms with Gasteiger partial charge >= 0.3 is 16.8 Å². The molecule has 2 aliphatic rings. The van der Waals surface area contributed by atoms with Crippen LogP contribution in [0.3, 0.4) is 0 Å². The van der Waals surface area contributed by atoms with Crippen LogP contribution in [0.4, 0.5) is 0 Å². The van der Waals surface area contributed by atoms with Crippen molar-refractivity contribution in [3.8, 4) is 0 Å². The molecule has 1 radical (unpaired) electrons. The van der Waals surface area contributed by atoms with Crippen molar-refractivity contribution in [2.45, 2.75) is 107 Å². The first-order valence-corrected chi connectivity index (χ1v) is 15.6. The fourth-order valence-electron chi connectivity index (χ4n) is 6.92. The molecule has 0 saturated heterocycles. The zero-order valence-corrected chi connectivity index (χ0v) is 27.1. The largest absolute Gasteiger partial charge is 2.00 e. The molecule has 0 aliphatic carbocycles. The summed E-state index contributed by atoms with van der Waals surface area (Å²) in [5.74, 6) is 0. The second-order valence-corrected chi connectivity index (χ2v) is 10.8. The van der Waals surface area contributed by atoms with Crippen LogP contribution >= 0.6 is 0 Å². The second-order valence-electron chi connectivity index (χ2n) is 10.8. The van der Waals surface area contributed by atoms with Gasteiger partial charge in [-0.15, -0.1) is 22.1 Å². The average Bonchev–Trinajstić information content (AvgIpc) is 3.67. The van der Waals surface area contributed by atoms with Crippen molar-refractivity contribution in [2.75, 3.05) is 0 Å². The van der Waals surface area contributed by atoms with Gasteiger partial charge in [-0.3, -0.25) is 0 Å². The van der Waals surface area contributed by atoms with Gasteiger partial charge < -0.3 is 9.97 Å². The normalized spacial score (nSPS) is 13.3. The first kappa shape index (κ1) is 31.1. The van der Waals surface area contributed by atoms with Gasteiger partial charge in [0, 0.05) is 0 Å². The molecule has 5 rings (SSSR count). The summed E-state index contributed by atoms with van der Waals surface area (Å²) < 4.78 is 0. The van der Waals surface area contributed by atoms with E-state index in [1.165, 1.54) is 44.5 Å². The third-order valence-electron chi connectivity index (χ3n) is 8.82. The molecular weight excluding hydrogens is 547 g/mol. The first-order valence-electron chi connectivity index (χ1n) is 15.6. The van der Waals surface area contributed by atoms with Gasteiger partial charge in [-0.05, 0) is 73.7 Å². The van der Waals surface area contributed by atoms with Crippen LogP contribution < -0.4 is 9.97 Å². The molecule has 0 amide bonds. The zero-order valence-electron chi connectivity index (χ0n) is 26.1. The zero-order chi connectivity index (χ0) is 28.6. The maximum Gasteiger partial charge on any atom is 2.00 e. The van der Waals surface area contributed by atoms with Gasteiger partial charge in [0.1, 0.15) is 0 Å². The maximum atomic E-state index is 5.25. The molecule has 0 fully saturated rings. The Balaban J connectivity index is 0.00000387. The summed E-state index contributed by atoms with van der Waals surface area (Å²) >= 11 is 0. The van der Waals surface area contributed by atoms with Crippen LogP contribution in [0, 0.1) is 0 Å². The Morgan fingerprint density at radius 3 is 0.780 bits per heavy atom. The summed E-state index contributed by atoms with van der Waals surface area (Å²) in [5.41, 5.74) is 19.1. The molecule has 5 heteroatoms. The van der Waals surface area contributed by atoms with E-state index in [0.29, 0.717) is 0 Å². The minimum Gasteiger partial charge on any atom is -0.657 e. The monoisotopic (exact) mass is 591 g/mol. The average molecular weight is 592 g/mol. The standard InChI is InChI=1S/C36H44N4.Co/c1-9-21-22(10-2)30-18-32-25(13-5)26(14-6)34(39-32)20-36-28(16-8)27(15-7)35(40-36)19-33-24(12-4)23(11-3)31(38-33)17-29(21)37-30;/h17-20H,9-16H2,1-8H3;/q-2;+2. The van der Waals surface area contributed by atoms with Crippen molar-refractivity contribution in [1.82, 2.24) is 19.9 Å². The second kappa shape index (κ2) is 13.0. The number of aryl methyl sites for hydroxylation is 4. The molecule has 3 aromatic rings. The van der Waals surface area contributed by atoms with E-state index >= 15 is 0 Å². The van der Waals surface area contributed by atoms with E-state index in [9.17, 15) is 0 Å². The number of nitrogens with zero attached hydrogens (tertiary/aromatic N) is 4.